The first kappa shape index (κ1) is 21.3. The quantitative estimate of drug-likeness (QED) is 0.504. The van der Waals surface area contributed by atoms with Crippen LogP contribution in [0.25, 0.3) is 16.6 Å². The number of nitrogens with zero attached hydrogens (tertiary/aromatic N) is 2. The van der Waals surface area contributed by atoms with Gasteiger partial charge in [0.05, 0.1) is 16.6 Å². The zero-order chi connectivity index (χ0) is 22.8. The van der Waals surface area contributed by atoms with Crippen LogP contribution in [0.3, 0.4) is 0 Å². The summed E-state index contributed by atoms with van der Waals surface area (Å²) in [4.78, 5) is 30.0. The van der Waals surface area contributed by atoms with Gasteiger partial charge in [0, 0.05) is 5.69 Å². The van der Waals surface area contributed by atoms with Crippen LogP contribution in [0.5, 0.6) is 5.75 Å². The largest absolute Gasteiger partial charge is 0.484 e. The van der Waals surface area contributed by atoms with Gasteiger partial charge in [-0.25, -0.2) is 4.98 Å². The molecule has 1 aromatic heterocycles. The van der Waals surface area contributed by atoms with E-state index in [1.54, 1.807) is 22.8 Å². The molecule has 0 aliphatic heterocycles. The summed E-state index contributed by atoms with van der Waals surface area (Å²) in [6, 6.07) is 18.5. The summed E-state index contributed by atoms with van der Waals surface area (Å²) in [5.74, 6) is 1.01. The van der Waals surface area contributed by atoms with Crippen molar-refractivity contribution in [3.8, 4) is 11.4 Å². The lowest BCUT2D eigenvalue weighted by Gasteiger charge is -2.14. The maximum Gasteiger partial charge on any atom is 0.265 e. The zero-order valence-corrected chi connectivity index (χ0v) is 18.6. The number of fused-ring (bicyclic) bond motifs is 1. The summed E-state index contributed by atoms with van der Waals surface area (Å²) in [5, 5.41) is 3.44. The first-order chi connectivity index (χ1) is 15.3. The van der Waals surface area contributed by atoms with E-state index in [-0.39, 0.29) is 18.1 Å². The van der Waals surface area contributed by atoms with Gasteiger partial charge < -0.3 is 10.1 Å². The van der Waals surface area contributed by atoms with Crippen LogP contribution < -0.4 is 15.6 Å². The Morgan fingerprint density at radius 2 is 1.72 bits per heavy atom. The van der Waals surface area contributed by atoms with Crippen LogP contribution >= 0.6 is 0 Å². The molecule has 0 aliphatic carbocycles. The molecule has 0 aliphatic rings. The second kappa shape index (κ2) is 8.67. The number of aryl methyl sites for hydroxylation is 4. The van der Waals surface area contributed by atoms with Crippen molar-refractivity contribution in [3.63, 3.8) is 0 Å². The first-order valence-electron chi connectivity index (χ1n) is 10.4. The molecule has 1 amide bonds. The van der Waals surface area contributed by atoms with E-state index in [4.69, 9.17) is 4.74 Å². The molecule has 3 aromatic carbocycles. The third-order valence-corrected chi connectivity index (χ3v) is 5.53. The van der Waals surface area contributed by atoms with E-state index in [0.29, 0.717) is 33.9 Å². The van der Waals surface area contributed by atoms with Crippen LogP contribution in [-0.4, -0.2) is 22.1 Å². The van der Waals surface area contributed by atoms with E-state index in [1.165, 1.54) is 5.56 Å². The molecule has 4 aromatic rings. The molecule has 6 heteroatoms. The van der Waals surface area contributed by atoms with E-state index < -0.39 is 0 Å². The van der Waals surface area contributed by atoms with Crippen molar-refractivity contribution in [2.24, 2.45) is 0 Å². The van der Waals surface area contributed by atoms with Crippen molar-refractivity contribution in [2.75, 3.05) is 11.9 Å². The van der Waals surface area contributed by atoms with Crippen LogP contribution in [-0.2, 0) is 4.79 Å². The number of ether oxygens (including phenoxy) is 1. The number of amides is 1. The van der Waals surface area contributed by atoms with E-state index >= 15 is 0 Å². The summed E-state index contributed by atoms with van der Waals surface area (Å²) in [5.41, 5.74) is 5.05. The predicted molar refractivity (Wildman–Crippen MR) is 127 cm³/mol. The average molecular weight is 428 g/mol. The SMILES string of the molecule is Cc1ccc(OCC(=O)Nc2ccc(-n3c(C)nc4ccccc4c3=O)cc2C)cc1C. The minimum absolute atomic E-state index is 0.0865. The highest BCUT2D eigenvalue weighted by atomic mass is 16.5. The molecule has 0 radical (unpaired) electrons. The Bertz CT molecular complexity index is 1390. The second-order valence-corrected chi connectivity index (χ2v) is 7.90. The van der Waals surface area contributed by atoms with Gasteiger partial charge in [-0.3, -0.25) is 14.2 Å². The Morgan fingerprint density at radius 3 is 2.47 bits per heavy atom. The van der Waals surface area contributed by atoms with Crippen LogP contribution in [0.1, 0.15) is 22.5 Å². The fourth-order valence-electron chi connectivity index (χ4n) is 3.61. The number of nitrogens with one attached hydrogen (secondary N) is 1. The molecular weight excluding hydrogens is 402 g/mol. The summed E-state index contributed by atoms with van der Waals surface area (Å²) in [6.45, 7) is 7.64. The number of carbonyl (C=O) groups is 1. The molecular formula is C26H25N3O3. The van der Waals surface area contributed by atoms with Crippen molar-refractivity contribution in [2.45, 2.75) is 27.7 Å². The lowest BCUT2D eigenvalue weighted by molar-refractivity contribution is -0.118. The molecule has 0 saturated carbocycles. The number of benzene rings is 3. The van der Waals surface area contributed by atoms with Gasteiger partial charge >= 0.3 is 0 Å². The summed E-state index contributed by atoms with van der Waals surface area (Å²) < 4.78 is 7.20. The number of aromatic nitrogens is 2. The summed E-state index contributed by atoms with van der Waals surface area (Å²) >= 11 is 0. The van der Waals surface area contributed by atoms with Gasteiger partial charge in [-0.05, 0) is 86.8 Å². The Hall–Kier alpha value is -3.93. The van der Waals surface area contributed by atoms with E-state index in [1.807, 2.05) is 70.2 Å². The molecule has 1 N–H and O–H groups in total. The Labute approximate surface area is 186 Å². The molecule has 32 heavy (non-hydrogen) atoms. The van der Waals surface area contributed by atoms with E-state index in [0.717, 1.165) is 11.1 Å². The molecule has 6 nitrogen and oxygen atoms in total. The third-order valence-electron chi connectivity index (χ3n) is 5.53. The molecule has 0 atom stereocenters. The fourth-order valence-corrected chi connectivity index (χ4v) is 3.61. The van der Waals surface area contributed by atoms with Crippen LogP contribution in [0, 0.1) is 27.7 Å². The van der Waals surface area contributed by atoms with Gasteiger partial charge in [-0.2, -0.15) is 0 Å². The lowest BCUT2D eigenvalue weighted by Crippen LogP contribution is -2.23. The van der Waals surface area contributed by atoms with Crippen molar-refractivity contribution in [1.29, 1.82) is 0 Å². The van der Waals surface area contributed by atoms with Crippen LogP contribution in [0.2, 0.25) is 0 Å². The Balaban J connectivity index is 1.52. The second-order valence-electron chi connectivity index (χ2n) is 7.90. The average Bonchev–Trinajstić information content (AvgIpc) is 2.76. The van der Waals surface area contributed by atoms with E-state index in [9.17, 15) is 9.59 Å². The zero-order valence-electron chi connectivity index (χ0n) is 18.6. The van der Waals surface area contributed by atoms with Gasteiger partial charge in [0.15, 0.2) is 6.61 Å². The van der Waals surface area contributed by atoms with Crippen LogP contribution in [0.15, 0.2) is 65.5 Å². The van der Waals surface area contributed by atoms with Crippen molar-refractivity contribution >= 4 is 22.5 Å². The minimum Gasteiger partial charge on any atom is -0.484 e. The first-order valence-corrected chi connectivity index (χ1v) is 10.4. The predicted octanol–water partition coefficient (Wildman–Crippen LogP) is 4.64. The standard InChI is InChI=1S/C26H25N3O3/c1-16-9-11-21(14-17(16)2)32-15-25(30)28-23-12-10-20(13-18(23)3)29-19(4)27-24-8-6-5-7-22(24)26(29)31/h5-14H,15H2,1-4H3,(H,28,30). The van der Waals surface area contributed by atoms with E-state index in [2.05, 4.69) is 10.3 Å². The Morgan fingerprint density at radius 1 is 0.938 bits per heavy atom. The molecule has 1 heterocycles. The van der Waals surface area contributed by atoms with Gasteiger partial charge in [-0.1, -0.05) is 18.2 Å². The van der Waals surface area contributed by atoms with Gasteiger partial charge in [0.1, 0.15) is 11.6 Å². The molecule has 0 saturated heterocycles. The topological polar surface area (TPSA) is 73.2 Å². The number of anilines is 1. The van der Waals surface area contributed by atoms with Crippen molar-refractivity contribution < 1.29 is 9.53 Å². The van der Waals surface area contributed by atoms with Crippen molar-refractivity contribution in [3.05, 3.63) is 93.5 Å². The maximum absolute atomic E-state index is 13.0. The minimum atomic E-state index is -0.250. The van der Waals surface area contributed by atoms with Crippen LogP contribution in [0.4, 0.5) is 5.69 Å². The van der Waals surface area contributed by atoms with Gasteiger partial charge in [-0.15, -0.1) is 0 Å². The normalized spacial score (nSPS) is 10.9. The molecule has 162 valence electrons. The monoisotopic (exact) mass is 427 g/mol. The Kier molecular flexibility index (Phi) is 5.77. The fraction of sp³-hybridized carbons (Fsp3) is 0.192. The van der Waals surface area contributed by atoms with Gasteiger partial charge in [0.2, 0.25) is 0 Å². The third kappa shape index (κ3) is 4.25. The molecule has 0 bridgehead atoms. The number of hydrogen-bond donors (Lipinski definition) is 1. The van der Waals surface area contributed by atoms with Crippen molar-refractivity contribution in [1.82, 2.24) is 9.55 Å². The number of hydrogen-bond acceptors (Lipinski definition) is 4. The highest BCUT2D eigenvalue weighted by molar-refractivity contribution is 5.92. The summed E-state index contributed by atoms with van der Waals surface area (Å²) in [7, 11) is 0. The lowest BCUT2D eigenvalue weighted by atomic mass is 10.1. The highest BCUT2D eigenvalue weighted by Gasteiger charge is 2.12. The smallest absolute Gasteiger partial charge is 0.265 e. The molecule has 0 spiro atoms. The molecule has 0 unspecified atom stereocenters. The maximum atomic E-state index is 13.0. The summed E-state index contributed by atoms with van der Waals surface area (Å²) in [6.07, 6.45) is 0. The number of carbonyl (C=O) groups excluding carboxylic acids is 1. The van der Waals surface area contributed by atoms with Gasteiger partial charge in [0.25, 0.3) is 11.5 Å². The number of para-hydroxylation sites is 1. The number of rotatable bonds is 5. The molecule has 0 fully saturated rings. The highest BCUT2D eigenvalue weighted by Crippen LogP contribution is 2.21. The molecule has 4 rings (SSSR count).